The fourth-order valence-corrected chi connectivity index (χ4v) is 20.3. The van der Waals surface area contributed by atoms with Crippen LogP contribution < -0.4 is 56.5 Å². The summed E-state index contributed by atoms with van der Waals surface area (Å²) in [5.41, 5.74) is 6.99. The number of hydrogen-bond acceptors (Lipinski definition) is 27. The first-order valence-electron chi connectivity index (χ1n) is 45.0. The number of carbonyl (C=O) groups excluding carboxylic acids is 11. The maximum absolute atomic E-state index is 13.3. The molecule has 7 N–H and O–H groups in total. The minimum atomic E-state index is -3.48. The fraction of sp³-hybridized carbons (Fsp3) is 0.404. The molecule has 36 heteroatoms. The molecular weight excluding hydrogens is 1760 g/mol. The Morgan fingerprint density at radius 2 is 0.867 bits per heavy atom. The van der Waals surface area contributed by atoms with Crippen LogP contribution in [0.3, 0.4) is 0 Å². The third-order valence-corrected chi connectivity index (χ3v) is 27.8. The van der Waals surface area contributed by atoms with Gasteiger partial charge in [0.25, 0.3) is 29.5 Å². The zero-order valence-electron chi connectivity index (χ0n) is 76.7. The van der Waals surface area contributed by atoms with E-state index in [-0.39, 0.29) is 142 Å². The summed E-state index contributed by atoms with van der Waals surface area (Å²) in [6.07, 6.45) is 9.02. The molecule has 6 aromatic carbocycles. The van der Waals surface area contributed by atoms with Crippen molar-refractivity contribution in [2.45, 2.75) is 175 Å². The molecule has 0 saturated carbocycles. The number of ether oxygens (including phenoxy) is 2. The summed E-state index contributed by atoms with van der Waals surface area (Å²) in [7, 11) is -6.95. The van der Waals surface area contributed by atoms with Gasteiger partial charge in [-0.3, -0.25) is 62.5 Å². The van der Waals surface area contributed by atoms with E-state index in [1.165, 1.54) is 24.3 Å². The highest BCUT2D eigenvalue weighted by atomic mass is 32.2. The van der Waals surface area contributed by atoms with Gasteiger partial charge in [-0.25, -0.2) is 26.8 Å². The van der Waals surface area contributed by atoms with Crippen LogP contribution in [0.1, 0.15) is 191 Å². The van der Waals surface area contributed by atoms with Crippen LogP contribution in [0.5, 0.6) is 11.5 Å². The second-order valence-electron chi connectivity index (χ2n) is 36.6. The number of aryl methyl sites for hydroxylation is 2. The lowest BCUT2D eigenvalue weighted by atomic mass is 10.0. The normalized spacial score (nSPS) is 16.3. The van der Waals surface area contributed by atoms with Crippen molar-refractivity contribution in [1.29, 1.82) is 0 Å². The van der Waals surface area contributed by atoms with Crippen molar-refractivity contribution in [3.8, 4) is 11.5 Å². The number of hydrogen-bond donors (Lipinski definition) is 7. The van der Waals surface area contributed by atoms with E-state index in [9.17, 15) is 69.6 Å². The highest BCUT2D eigenvalue weighted by Gasteiger charge is 2.48. The summed E-state index contributed by atoms with van der Waals surface area (Å²) < 4.78 is 63.5. The van der Waals surface area contributed by atoms with Gasteiger partial charge in [0.15, 0.2) is 32.1 Å². The molecule has 0 aliphatic carbocycles. The average Bonchev–Trinajstić information content (AvgIpc) is 1.60. The van der Waals surface area contributed by atoms with E-state index in [1.807, 2.05) is 109 Å². The molecule has 34 nitrogen and oxygen atoms in total. The number of aromatic nitrogens is 4. The molecule has 714 valence electrons. The molecule has 2 unspecified atom stereocenters. The predicted molar refractivity (Wildman–Crippen MR) is 514 cm³/mol. The summed E-state index contributed by atoms with van der Waals surface area (Å²) in [5, 5.41) is 21.0. The second kappa shape index (κ2) is 43.9. The molecule has 9 amide bonds. The summed E-state index contributed by atoms with van der Waals surface area (Å²) in [4.78, 5) is 171. The van der Waals surface area contributed by atoms with Gasteiger partial charge in [0, 0.05) is 160 Å². The van der Waals surface area contributed by atoms with E-state index in [2.05, 4.69) is 80.1 Å². The lowest BCUT2D eigenvalue weighted by molar-refractivity contribution is -0.133. The van der Waals surface area contributed by atoms with Crippen molar-refractivity contribution >= 4 is 142 Å². The first-order chi connectivity index (χ1) is 63.8. The van der Waals surface area contributed by atoms with Crippen LogP contribution >= 0.6 is 0 Å². The van der Waals surface area contributed by atoms with E-state index in [0.29, 0.717) is 163 Å². The molecule has 4 fully saturated rings. The molecule has 8 aromatic rings. The topological polar surface area (TPSA) is 430 Å². The number of piperidine rings is 2. The first kappa shape index (κ1) is 100. The summed E-state index contributed by atoms with van der Waals surface area (Å²) >= 11 is 0. The molecule has 14 rings (SSSR count). The van der Waals surface area contributed by atoms with Gasteiger partial charge in [0.2, 0.25) is 35.5 Å². The van der Waals surface area contributed by atoms with Crippen molar-refractivity contribution in [3.05, 3.63) is 204 Å². The molecule has 0 bridgehead atoms. The number of ketones is 2. The molecule has 0 radical (unpaired) electrons. The molecule has 135 heavy (non-hydrogen) atoms. The van der Waals surface area contributed by atoms with Gasteiger partial charge in [-0.2, -0.15) is 9.97 Å². The van der Waals surface area contributed by atoms with Crippen LogP contribution in [0.4, 0.5) is 57.7 Å². The average molecular weight is 1880 g/mol. The third kappa shape index (κ3) is 26.2. The number of sulfone groups is 2. The zero-order chi connectivity index (χ0) is 95.9. The van der Waals surface area contributed by atoms with Gasteiger partial charge in [0.1, 0.15) is 47.6 Å². The minimum Gasteiger partial charge on any atom is -0.485 e. The van der Waals surface area contributed by atoms with Crippen LogP contribution in [0.2, 0.25) is 0 Å². The molecule has 2 atom stereocenters. The van der Waals surface area contributed by atoms with Crippen LogP contribution in [-0.2, 0) is 53.2 Å². The molecule has 8 heterocycles. The number of benzene rings is 6. The Labute approximate surface area is 787 Å². The lowest BCUT2D eigenvalue weighted by Crippen LogP contribution is -2.51. The smallest absolute Gasteiger partial charge is 0.266 e. The Morgan fingerprint density at radius 1 is 0.459 bits per heavy atom. The Hall–Kier alpha value is -13.8. The zero-order valence-corrected chi connectivity index (χ0v) is 78.4. The van der Waals surface area contributed by atoms with E-state index in [4.69, 9.17) is 9.47 Å². The summed E-state index contributed by atoms with van der Waals surface area (Å²) in [6.45, 7) is 27.2. The van der Waals surface area contributed by atoms with Crippen LogP contribution in [0.25, 0.3) is 0 Å². The SMILES string of the molecule is C.C=C1CCC(N2C(=O)c3cccc(OCC(=O)CCCCC(=O)N4CCN(c5ccc(Nc6ncc(C)c(Nc7cccc(S(=O)(=O)CC(C)(C)C)c7)n6)cc5)CC4)c3C2=O)C(=O)N1.C=C1CCC(N2C(=O)c3cccc(OCC(=O)NCCCCCC(=O)CCC(=O)N4CCN(c5ccc(Nc6ncc(C)c(Nc7cccc(S(=O)(=O)CC(C)(C)C)c7)n6)cc5)CC4)c3C2=O)C(=O)N1. The highest BCUT2D eigenvalue weighted by Crippen LogP contribution is 2.38. The molecular formula is C99H119N17O17S2. The van der Waals surface area contributed by atoms with Crippen molar-refractivity contribution in [3.63, 3.8) is 0 Å². The monoisotopic (exact) mass is 1880 g/mol. The number of amides is 9. The Bertz CT molecular complexity index is 6080. The number of piperazine rings is 2. The molecule has 6 aliphatic rings. The van der Waals surface area contributed by atoms with Crippen molar-refractivity contribution < 1.29 is 79.0 Å². The van der Waals surface area contributed by atoms with Gasteiger partial charge in [-0.05, 0) is 185 Å². The number of carbonyl (C=O) groups is 11. The highest BCUT2D eigenvalue weighted by molar-refractivity contribution is 7.91. The molecule has 4 saturated heterocycles. The number of Topliss-reactive ketones (excluding diaryl/α,β-unsaturated/α-hetero) is 2. The van der Waals surface area contributed by atoms with E-state index >= 15 is 0 Å². The quantitative estimate of drug-likeness (QED) is 0.0142. The maximum atomic E-state index is 13.3. The molecule has 2 aromatic heterocycles. The van der Waals surface area contributed by atoms with Gasteiger partial charge in [-0.15, -0.1) is 0 Å². The lowest BCUT2D eigenvalue weighted by Gasteiger charge is -2.36. The first-order valence-corrected chi connectivity index (χ1v) is 48.3. The third-order valence-electron chi connectivity index (χ3n) is 23.3. The number of rotatable bonds is 36. The van der Waals surface area contributed by atoms with Gasteiger partial charge >= 0.3 is 0 Å². The summed E-state index contributed by atoms with van der Waals surface area (Å²) in [5.74, 6) is -1.87. The second-order valence-corrected chi connectivity index (χ2v) is 40.6. The van der Waals surface area contributed by atoms with Crippen molar-refractivity contribution in [1.82, 2.24) is 55.5 Å². The van der Waals surface area contributed by atoms with Crippen LogP contribution in [-0.4, -0.2) is 217 Å². The summed E-state index contributed by atoms with van der Waals surface area (Å²) in [6, 6.07) is 36.5. The van der Waals surface area contributed by atoms with Gasteiger partial charge in [0.05, 0.1) is 43.6 Å². The predicted octanol–water partition coefficient (Wildman–Crippen LogP) is 13.2. The largest absolute Gasteiger partial charge is 0.485 e. The minimum absolute atomic E-state index is 0. The number of nitrogens with one attached hydrogen (secondary N) is 7. The number of allylic oxidation sites excluding steroid dienone is 2. The Kier molecular flexibility index (Phi) is 32.6. The fourth-order valence-electron chi connectivity index (χ4n) is 16.5. The maximum Gasteiger partial charge on any atom is 0.266 e. The molecule has 6 aliphatic heterocycles. The number of nitrogens with zero attached hydrogens (tertiary/aromatic N) is 10. The van der Waals surface area contributed by atoms with Crippen LogP contribution in [0, 0.1) is 24.7 Å². The standard InChI is InChI=1S/C51H61N9O9S.C47H54N8O8S.CH4/c1-33-30-53-50(57-46(33)55-36-11-9-13-39(29-36)70(67,68)32-51(3,4)5)56-35-17-19-37(20-18-35)58-25-27-59(28-26-58)44(63)23-21-38(61)12-7-6-8-24-52-43(62)31-69-42-15-10-14-40-45(42)49(66)60(48(40)65)41-22-16-34(2)54-47(41)64;1-30-27-48-46(52-42(30)50-33-10-8-12-36(26-33)64(61,62)29-47(3,4)5)51-32-17-19-34(20-18-32)53-22-24-54(25-23-53)40(57)15-7-6-11-35(56)28-63-39-14-9-13-37-41(39)45(60)55(44(37)59)38-21-16-31(2)49-43(38)58;/h9-11,13-15,17-20,29-30,41H,2,6-8,12,16,21-28,31-32H2,1,3-5H3,(H,52,62)(H,54,64)(H2,53,55,56,57);8-10,12-14,17-20,26-27,38H,2,6-7,11,15-16,21-25,28-29H2,1,3-5H3,(H,49,58)(H2,48,50,51,52);1H4. The van der Waals surface area contributed by atoms with Gasteiger partial charge < -0.3 is 66.3 Å². The molecule has 0 spiro atoms. The van der Waals surface area contributed by atoms with E-state index in [1.54, 1.807) is 78.0 Å². The van der Waals surface area contributed by atoms with E-state index in [0.717, 1.165) is 43.7 Å². The number of fused-ring (bicyclic) bond motifs is 2. The van der Waals surface area contributed by atoms with Crippen molar-refractivity contribution in [2.75, 3.05) is 115 Å². The number of imide groups is 2. The van der Waals surface area contributed by atoms with Gasteiger partial charge in [-0.1, -0.05) is 92.8 Å². The number of anilines is 10. The van der Waals surface area contributed by atoms with Crippen LogP contribution in [0.15, 0.2) is 180 Å². The number of unbranched alkanes of at least 4 members (excludes halogenated alkanes) is 3. The Morgan fingerprint density at radius 3 is 1.30 bits per heavy atom. The van der Waals surface area contributed by atoms with Crippen molar-refractivity contribution in [2.24, 2.45) is 10.8 Å². The Balaban J connectivity index is 0.000000242. The van der Waals surface area contributed by atoms with E-state index < -0.39 is 73.1 Å².